The van der Waals surface area contributed by atoms with Crippen LogP contribution in [0.2, 0.25) is 0 Å². The molecule has 1 atom stereocenters. The van der Waals surface area contributed by atoms with E-state index in [1.54, 1.807) is 0 Å². The highest BCUT2D eigenvalue weighted by atomic mass is 16.2. The van der Waals surface area contributed by atoms with E-state index < -0.39 is 0 Å². The number of amides is 1. The Morgan fingerprint density at radius 2 is 1.64 bits per heavy atom. The van der Waals surface area contributed by atoms with Gasteiger partial charge in [0.2, 0.25) is 5.91 Å². The van der Waals surface area contributed by atoms with Gasteiger partial charge in [0.25, 0.3) is 0 Å². The zero-order valence-corrected chi connectivity index (χ0v) is 23.4. The number of likely N-dealkylation sites (N-methyl/N-ethyl adjacent to an activating group) is 1. The standard InChI is InChI=1S/C16H20N2.C14H21NO.C2H4/c1-12-7-5-6-8-16(12)10-9-14(3)18-15(4)13(2)11-17-18;1-4-5-11-15(3)14(16)12(2)13-9-7-6-8-10-13;1-2/h5-9,11H,10H2,1-4H3;6-10,12H,4-5,11H2,1-3H3;1-2H2/b14-9-;;. The van der Waals surface area contributed by atoms with Gasteiger partial charge >= 0.3 is 0 Å². The molecular weight excluding hydrogens is 442 g/mol. The summed E-state index contributed by atoms with van der Waals surface area (Å²) in [6, 6.07) is 18.5. The summed E-state index contributed by atoms with van der Waals surface area (Å²) in [7, 11) is 1.89. The van der Waals surface area contributed by atoms with Gasteiger partial charge in [-0.15, -0.1) is 13.2 Å². The molecule has 2 aromatic carbocycles. The lowest BCUT2D eigenvalue weighted by Crippen LogP contribution is -2.31. The highest BCUT2D eigenvalue weighted by molar-refractivity contribution is 5.83. The SMILES string of the molecule is C/C(=C/Cc1ccccc1C)n1ncc(C)c1C.C=C.CCCCN(C)C(=O)C(C)c1ccccc1. The number of benzene rings is 2. The Bertz CT molecular complexity index is 1080. The fourth-order valence-corrected chi connectivity index (χ4v) is 3.75. The van der Waals surface area contributed by atoms with Gasteiger partial charge in [0.1, 0.15) is 0 Å². The Labute approximate surface area is 219 Å². The van der Waals surface area contributed by atoms with Crippen molar-refractivity contribution in [2.24, 2.45) is 0 Å². The molecule has 0 aliphatic heterocycles. The molecule has 0 radical (unpaired) electrons. The Kier molecular flexibility index (Phi) is 13.9. The molecule has 0 saturated heterocycles. The summed E-state index contributed by atoms with van der Waals surface area (Å²) in [5.74, 6) is 0.169. The van der Waals surface area contributed by atoms with Crippen molar-refractivity contribution in [1.29, 1.82) is 0 Å². The van der Waals surface area contributed by atoms with Gasteiger partial charge in [-0.3, -0.25) is 4.79 Å². The van der Waals surface area contributed by atoms with Gasteiger partial charge in [-0.05, 0) is 69.7 Å². The van der Waals surface area contributed by atoms with Crippen LogP contribution in [-0.4, -0.2) is 34.2 Å². The van der Waals surface area contributed by atoms with Crippen molar-refractivity contribution >= 4 is 11.6 Å². The lowest BCUT2D eigenvalue weighted by Gasteiger charge is -2.21. The van der Waals surface area contributed by atoms with Crippen molar-refractivity contribution in [1.82, 2.24) is 14.7 Å². The first kappa shape index (κ1) is 30.6. The number of hydrogen-bond donors (Lipinski definition) is 0. The van der Waals surface area contributed by atoms with Gasteiger partial charge < -0.3 is 4.90 Å². The van der Waals surface area contributed by atoms with E-state index in [4.69, 9.17) is 0 Å². The summed E-state index contributed by atoms with van der Waals surface area (Å²) in [5.41, 5.74) is 7.44. The van der Waals surface area contributed by atoms with Crippen LogP contribution in [-0.2, 0) is 11.2 Å². The quantitative estimate of drug-likeness (QED) is 0.304. The summed E-state index contributed by atoms with van der Waals surface area (Å²) in [5, 5.41) is 4.40. The van der Waals surface area contributed by atoms with Crippen LogP contribution in [0.4, 0.5) is 0 Å². The fraction of sp³-hybridized carbons (Fsp3) is 0.375. The molecule has 3 rings (SSSR count). The van der Waals surface area contributed by atoms with Crippen LogP contribution in [0.25, 0.3) is 5.70 Å². The third-order valence-electron chi connectivity index (χ3n) is 6.36. The number of aromatic nitrogens is 2. The van der Waals surface area contributed by atoms with Crippen molar-refractivity contribution in [3.63, 3.8) is 0 Å². The van der Waals surface area contributed by atoms with E-state index in [2.05, 4.69) is 83.2 Å². The van der Waals surface area contributed by atoms with Gasteiger partial charge in [-0.1, -0.05) is 74.0 Å². The molecule has 1 heterocycles. The summed E-state index contributed by atoms with van der Waals surface area (Å²) in [4.78, 5) is 13.9. The van der Waals surface area contributed by atoms with Crippen molar-refractivity contribution in [2.75, 3.05) is 13.6 Å². The molecule has 1 aromatic heterocycles. The highest BCUT2D eigenvalue weighted by Crippen LogP contribution is 2.17. The number of allylic oxidation sites excluding steroid dienone is 2. The molecule has 1 unspecified atom stereocenters. The molecule has 0 fully saturated rings. The van der Waals surface area contributed by atoms with Crippen LogP contribution in [0.15, 0.2) is 80.0 Å². The lowest BCUT2D eigenvalue weighted by atomic mass is 10.00. The maximum Gasteiger partial charge on any atom is 0.229 e. The van der Waals surface area contributed by atoms with Gasteiger partial charge in [0.05, 0.1) is 12.1 Å². The molecule has 0 saturated carbocycles. The molecule has 0 N–H and O–H groups in total. The predicted molar refractivity (Wildman–Crippen MR) is 155 cm³/mol. The Morgan fingerprint density at radius 3 is 2.19 bits per heavy atom. The van der Waals surface area contributed by atoms with Crippen molar-refractivity contribution in [3.05, 3.63) is 108 Å². The first-order valence-corrected chi connectivity index (χ1v) is 12.8. The zero-order chi connectivity index (χ0) is 27.1. The normalized spacial score (nSPS) is 11.5. The van der Waals surface area contributed by atoms with E-state index in [1.165, 1.54) is 28.1 Å². The third kappa shape index (κ3) is 9.33. The smallest absolute Gasteiger partial charge is 0.229 e. The van der Waals surface area contributed by atoms with Crippen LogP contribution in [0.1, 0.15) is 67.5 Å². The van der Waals surface area contributed by atoms with Crippen LogP contribution >= 0.6 is 0 Å². The summed E-state index contributed by atoms with van der Waals surface area (Å²) >= 11 is 0. The van der Waals surface area contributed by atoms with Crippen molar-refractivity contribution < 1.29 is 4.79 Å². The predicted octanol–water partition coefficient (Wildman–Crippen LogP) is 7.76. The molecule has 0 aliphatic carbocycles. The number of nitrogens with zero attached hydrogens (tertiary/aromatic N) is 3. The number of unbranched alkanes of at least 4 members (excludes halogenated alkanes) is 1. The minimum atomic E-state index is -0.0388. The van der Waals surface area contributed by atoms with Gasteiger partial charge in [-0.25, -0.2) is 4.68 Å². The molecular formula is C32H45N3O. The third-order valence-corrected chi connectivity index (χ3v) is 6.36. The van der Waals surface area contributed by atoms with E-state index >= 15 is 0 Å². The molecule has 0 bridgehead atoms. The second-order valence-corrected chi connectivity index (χ2v) is 9.05. The van der Waals surface area contributed by atoms with Gasteiger partial charge in [0.15, 0.2) is 0 Å². The maximum atomic E-state index is 12.1. The van der Waals surface area contributed by atoms with Crippen molar-refractivity contribution in [2.45, 2.75) is 66.7 Å². The van der Waals surface area contributed by atoms with Crippen LogP contribution in [0.5, 0.6) is 0 Å². The zero-order valence-electron chi connectivity index (χ0n) is 23.4. The molecule has 1 amide bonds. The summed E-state index contributed by atoms with van der Waals surface area (Å²) < 4.78 is 2.01. The molecule has 36 heavy (non-hydrogen) atoms. The second-order valence-electron chi connectivity index (χ2n) is 9.05. The Morgan fingerprint density at radius 1 is 1.03 bits per heavy atom. The van der Waals surface area contributed by atoms with Crippen LogP contribution < -0.4 is 0 Å². The number of rotatable bonds is 8. The highest BCUT2D eigenvalue weighted by Gasteiger charge is 2.18. The van der Waals surface area contributed by atoms with E-state index in [0.717, 1.165) is 31.4 Å². The molecule has 4 heteroatoms. The molecule has 194 valence electrons. The monoisotopic (exact) mass is 487 g/mol. The van der Waals surface area contributed by atoms with E-state index in [9.17, 15) is 4.79 Å². The summed E-state index contributed by atoms with van der Waals surface area (Å²) in [6.45, 7) is 19.4. The Hall–Kier alpha value is -3.40. The molecule has 0 spiro atoms. The van der Waals surface area contributed by atoms with Gasteiger partial charge in [-0.2, -0.15) is 5.10 Å². The maximum absolute atomic E-state index is 12.1. The lowest BCUT2D eigenvalue weighted by molar-refractivity contribution is -0.131. The van der Waals surface area contributed by atoms with Crippen LogP contribution in [0, 0.1) is 20.8 Å². The second kappa shape index (κ2) is 16.3. The van der Waals surface area contributed by atoms with Gasteiger partial charge in [0, 0.05) is 25.0 Å². The van der Waals surface area contributed by atoms with Crippen LogP contribution in [0.3, 0.4) is 0 Å². The topological polar surface area (TPSA) is 38.1 Å². The minimum Gasteiger partial charge on any atom is -0.345 e. The largest absolute Gasteiger partial charge is 0.345 e. The summed E-state index contributed by atoms with van der Waals surface area (Å²) in [6.07, 6.45) is 7.31. The fourth-order valence-electron chi connectivity index (χ4n) is 3.75. The van der Waals surface area contributed by atoms with E-state index in [1.807, 2.05) is 60.1 Å². The first-order chi connectivity index (χ1) is 17.3. The number of carbonyl (C=O) groups excluding carboxylic acids is 1. The number of carbonyl (C=O) groups is 1. The van der Waals surface area contributed by atoms with Crippen molar-refractivity contribution in [3.8, 4) is 0 Å². The average Bonchev–Trinajstić information content (AvgIpc) is 3.25. The average molecular weight is 488 g/mol. The Balaban J connectivity index is 0.000000339. The first-order valence-electron chi connectivity index (χ1n) is 12.8. The van der Waals surface area contributed by atoms with E-state index in [-0.39, 0.29) is 11.8 Å². The number of aryl methyl sites for hydroxylation is 2. The molecule has 0 aliphatic rings. The molecule has 3 aromatic rings. The number of hydrogen-bond acceptors (Lipinski definition) is 2. The molecule has 4 nitrogen and oxygen atoms in total. The van der Waals surface area contributed by atoms with E-state index in [0.29, 0.717) is 0 Å². The minimum absolute atomic E-state index is 0.0388.